The number of hydrogen-bond acceptors (Lipinski definition) is 6. The third-order valence-electron chi connectivity index (χ3n) is 3.30. The van der Waals surface area contributed by atoms with Crippen molar-refractivity contribution in [2.45, 2.75) is 12.5 Å². The molecule has 0 aliphatic carbocycles. The Bertz CT molecular complexity index is 636. The minimum absolute atomic E-state index is 0.370. The zero-order valence-electron chi connectivity index (χ0n) is 14.6. The van der Waals surface area contributed by atoms with Crippen molar-refractivity contribution >= 4 is 41.3 Å². The number of halogens is 1. The standard InChI is InChI=1S/C17H22ClNO5S/c1-22-14-10-11(9-12(18)16(14)23-2)5-6-15(20)19-13(7-8-25-4)17(21)24-3/h5-6,9-10,13H,7-8H2,1-4H3,(H,19,20)/b6-5+/t13-/m1/s1. The molecule has 1 N–H and O–H groups in total. The molecule has 8 heteroatoms. The molecular formula is C17H22ClNO5S. The molecular weight excluding hydrogens is 366 g/mol. The molecule has 138 valence electrons. The maximum atomic E-state index is 12.1. The van der Waals surface area contributed by atoms with Crippen LogP contribution in [0.15, 0.2) is 18.2 Å². The van der Waals surface area contributed by atoms with Crippen LogP contribution in [0.1, 0.15) is 12.0 Å². The quantitative estimate of drug-likeness (QED) is 0.518. The Labute approximate surface area is 156 Å². The smallest absolute Gasteiger partial charge is 0.328 e. The number of amides is 1. The highest BCUT2D eigenvalue weighted by Crippen LogP contribution is 2.36. The minimum atomic E-state index is -0.677. The van der Waals surface area contributed by atoms with Gasteiger partial charge in [-0.05, 0) is 42.2 Å². The van der Waals surface area contributed by atoms with Crippen molar-refractivity contribution in [1.29, 1.82) is 0 Å². The lowest BCUT2D eigenvalue weighted by molar-refractivity contribution is -0.144. The number of hydrogen-bond donors (Lipinski definition) is 1. The number of esters is 1. The van der Waals surface area contributed by atoms with E-state index < -0.39 is 17.9 Å². The van der Waals surface area contributed by atoms with E-state index in [0.29, 0.717) is 28.5 Å². The van der Waals surface area contributed by atoms with Crippen molar-refractivity contribution in [1.82, 2.24) is 5.32 Å². The second-order valence-corrected chi connectivity index (χ2v) is 6.33. The molecule has 0 unspecified atom stereocenters. The van der Waals surface area contributed by atoms with E-state index in [1.165, 1.54) is 27.4 Å². The first-order valence-electron chi connectivity index (χ1n) is 7.43. The number of carbonyl (C=O) groups excluding carboxylic acids is 2. The molecule has 0 spiro atoms. The molecule has 0 bridgehead atoms. The lowest BCUT2D eigenvalue weighted by Gasteiger charge is -2.14. The molecule has 25 heavy (non-hydrogen) atoms. The zero-order chi connectivity index (χ0) is 18.8. The van der Waals surface area contributed by atoms with Gasteiger partial charge in [0.05, 0.1) is 26.4 Å². The Morgan fingerprint density at radius 1 is 1.28 bits per heavy atom. The van der Waals surface area contributed by atoms with Gasteiger partial charge in [0.15, 0.2) is 11.5 Å². The van der Waals surface area contributed by atoms with E-state index in [2.05, 4.69) is 5.32 Å². The molecule has 0 aromatic heterocycles. The van der Waals surface area contributed by atoms with Gasteiger partial charge in [-0.25, -0.2) is 4.79 Å². The predicted molar refractivity (Wildman–Crippen MR) is 101 cm³/mol. The highest BCUT2D eigenvalue weighted by atomic mass is 35.5. The first-order valence-corrected chi connectivity index (χ1v) is 9.20. The van der Waals surface area contributed by atoms with E-state index in [4.69, 9.17) is 25.8 Å². The Morgan fingerprint density at radius 3 is 2.56 bits per heavy atom. The fraction of sp³-hybridized carbons (Fsp3) is 0.412. The maximum Gasteiger partial charge on any atom is 0.328 e. The van der Waals surface area contributed by atoms with E-state index in [-0.39, 0.29) is 0 Å². The maximum absolute atomic E-state index is 12.1. The van der Waals surface area contributed by atoms with Crippen molar-refractivity contribution in [3.05, 3.63) is 28.8 Å². The van der Waals surface area contributed by atoms with Gasteiger partial charge in [0.2, 0.25) is 5.91 Å². The van der Waals surface area contributed by atoms with Gasteiger partial charge in [-0.1, -0.05) is 11.6 Å². The summed E-state index contributed by atoms with van der Waals surface area (Å²) >= 11 is 7.71. The Kier molecular flexibility index (Phi) is 9.23. The van der Waals surface area contributed by atoms with Crippen LogP contribution in [0.25, 0.3) is 6.08 Å². The summed E-state index contributed by atoms with van der Waals surface area (Å²) in [5.74, 6) is 0.748. The summed E-state index contributed by atoms with van der Waals surface area (Å²) in [5, 5.41) is 3.01. The molecule has 0 saturated heterocycles. The van der Waals surface area contributed by atoms with E-state index >= 15 is 0 Å². The number of benzene rings is 1. The highest BCUT2D eigenvalue weighted by Gasteiger charge is 2.20. The van der Waals surface area contributed by atoms with Gasteiger partial charge in [0, 0.05) is 6.08 Å². The highest BCUT2D eigenvalue weighted by molar-refractivity contribution is 7.98. The second kappa shape index (κ2) is 10.9. The largest absolute Gasteiger partial charge is 0.493 e. The van der Waals surface area contributed by atoms with Crippen LogP contribution in [-0.2, 0) is 14.3 Å². The summed E-state index contributed by atoms with van der Waals surface area (Å²) in [5.41, 5.74) is 0.663. The minimum Gasteiger partial charge on any atom is -0.493 e. The van der Waals surface area contributed by atoms with Crippen molar-refractivity contribution < 1.29 is 23.8 Å². The van der Waals surface area contributed by atoms with E-state index in [1.807, 2.05) is 6.26 Å². The van der Waals surface area contributed by atoms with Crippen molar-refractivity contribution in [2.24, 2.45) is 0 Å². The van der Waals surface area contributed by atoms with Crippen LogP contribution in [0, 0.1) is 0 Å². The molecule has 0 aliphatic heterocycles. The van der Waals surface area contributed by atoms with Gasteiger partial charge in [-0.15, -0.1) is 0 Å². The van der Waals surface area contributed by atoms with Gasteiger partial charge < -0.3 is 19.5 Å². The molecule has 1 aromatic carbocycles. The summed E-state index contributed by atoms with van der Waals surface area (Å²) in [6.45, 7) is 0. The lowest BCUT2D eigenvalue weighted by Crippen LogP contribution is -2.41. The van der Waals surface area contributed by atoms with Crippen LogP contribution in [0.4, 0.5) is 0 Å². The molecule has 1 amide bonds. The van der Waals surface area contributed by atoms with Gasteiger partial charge in [0.25, 0.3) is 0 Å². The monoisotopic (exact) mass is 387 g/mol. The molecule has 1 rings (SSSR count). The Hall–Kier alpha value is -1.86. The first-order chi connectivity index (χ1) is 12.0. The Balaban J connectivity index is 2.84. The summed E-state index contributed by atoms with van der Waals surface area (Å²) < 4.78 is 15.1. The molecule has 6 nitrogen and oxygen atoms in total. The van der Waals surface area contributed by atoms with Crippen LogP contribution in [-0.4, -0.2) is 51.3 Å². The van der Waals surface area contributed by atoms with E-state index in [1.54, 1.807) is 30.0 Å². The van der Waals surface area contributed by atoms with Gasteiger partial charge in [-0.2, -0.15) is 11.8 Å². The summed E-state index contributed by atoms with van der Waals surface area (Å²) in [6, 6.07) is 2.67. The first kappa shape index (κ1) is 21.2. The summed E-state index contributed by atoms with van der Waals surface area (Å²) in [7, 11) is 4.29. The number of nitrogens with one attached hydrogen (secondary N) is 1. The molecule has 0 aliphatic rings. The number of methoxy groups -OCH3 is 3. The summed E-state index contributed by atoms with van der Waals surface area (Å²) in [4.78, 5) is 23.8. The van der Waals surface area contributed by atoms with Gasteiger partial charge in [-0.3, -0.25) is 4.79 Å². The van der Waals surface area contributed by atoms with Crippen LogP contribution < -0.4 is 14.8 Å². The molecule has 0 fully saturated rings. The average molecular weight is 388 g/mol. The topological polar surface area (TPSA) is 73.9 Å². The second-order valence-electron chi connectivity index (χ2n) is 4.94. The van der Waals surface area contributed by atoms with Gasteiger partial charge in [0.1, 0.15) is 6.04 Å². The third kappa shape index (κ3) is 6.51. The van der Waals surface area contributed by atoms with E-state index in [9.17, 15) is 9.59 Å². The van der Waals surface area contributed by atoms with Crippen molar-refractivity contribution in [3.63, 3.8) is 0 Å². The fourth-order valence-electron chi connectivity index (χ4n) is 2.05. The van der Waals surface area contributed by atoms with Crippen LogP contribution in [0.5, 0.6) is 11.5 Å². The Morgan fingerprint density at radius 2 is 2.00 bits per heavy atom. The van der Waals surface area contributed by atoms with Gasteiger partial charge >= 0.3 is 5.97 Å². The normalized spacial score (nSPS) is 11.9. The fourth-order valence-corrected chi connectivity index (χ4v) is 2.82. The number of rotatable bonds is 9. The molecule has 0 saturated carbocycles. The number of thioether (sulfide) groups is 1. The van der Waals surface area contributed by atoms with Crippen molar-refractivity contribution in [2.75, 3.05) is 33.3 Å². The average Bonchev–Trinajstić information content (AvgIpc) is 2.62. The molecule has 0 heterocycles. The van der Waals surface area contributed by atoms with Crippen LogP contribution in [0.2, 0.25) is 5.02 Å². The summed E-state index contributed by atoms with van der Waals surface area (Å²) in [6.07, 6.45) is 5.32. The predicted octanol–water partition coefficient (Wildman–Crippen LogP) is 2.78. The van der Waals surface area contributed by atoms with E-state index in [0.717, 1.165) is 5.75 Å². The van der Waals surface area contributed by atoms with Crippen molar-refractivity contribution in [3.8, 4) is 11.5 Å². The van der Waals surface area contributed by atoms with Crippen LogP contribution in [0.3, 0.4) is 0 Å². The third-order valence-corrected chi connectivity index (χ3v) is 4.22. The molecule has 1 atom stereocenters. The number of carbonyl (C=O) groups is 2. The number of ether oxygens (including phenoxy) is 3. The molecule has 1 aromatic rings. The van der Waals surface area contributed by atoms with Crippen LogP contribution >= 0.6 is 23.4 Å². The zero-order valence-corrected chi connectivity index (χ0v) is 16.2. The lowest BCUT2D eigenvalue weighted by atomic mass is 10.1. The molecule has 0 radical (unpaired) electrons. The SMILES string of the molecule is COC(=O)[C@@H](CCSC)NC(=O)/C=C/c1cc(Cl)c(OC)c(OC)c1.